The van der Waals surface area contributed by atoms with Gasteiger partial charge in [0.25, 0.3) is 0 Å². The van der Waals surface area contributed by atoms with Crippen LogP contribution in [0.5, 0.6) is 0 Å². The number of H-pyrrole nitrogens is 1. The van der Waals surface area contributed by atoms with Gasteiger partial charge in [-0.15, -0.1) is 0 Å². The summed E-state index contributed by atoms with van der Waals surface area (Å²) in [5, 5.41) is 20.7. The highest BCUT2D eigenvalue weighted by molar-refractivity contribution is 7.20. The van der Waals surface area contributed by atoms with Gasteiger partial charge in [0, 0.05) is 38.3 Å². The first-order chi connectivity index (χ1) is 42.1. The minimum Gasteiger partial charge on any atom is -0.355 e. The highest BCUT2D eigenvalue weighted by atomic mass is 28.3. The lowest BCUT2D eigenvalue weighted by atomic mass is 9.91. The summed E-state index contributed by atoms with van der Waals surface area (Å²) in [7, 11) is -2.85. The molecule has 1 N–H and O–H groups in total. The van der Waals surface area contributed by atoms with Gasteiger partial charge in [-0.25, -0.2) is 0 Å². The fourth-order valence-corrected chi connectivity index (χ4v) is 18.7. The molecule has 3 heteroatoms. The Morgan fingerprint density at radius 1 is 0.247 bits per heavy atom. The molecule has 0 radical (unpaired) electrons. The summed E-state index contributed by atoms with van der Waals surface area (Å²) in [6.45, 7) is 0. The molecule has 0 unspecified atom stereocenters. The normalized spacial score (nSPS) is 11.8. The first kappa shape index (κ1) is 49.9. The lowest BCUT2D eigenvalue weighted by molar-refractivity contribution is 1.18. The average Bonchev–Trinajstić information content (AvgIpc) is 3.70. The Morgan fingerprint density at radius 2 is 0.706 bits per heavy atom. The molecule has 0 bridgehead atoms. The van der Waals surface area contributed by atoms with Crippen molar-refractivity contribution in [3.63, 3.8) is 0 Å². The van der Waals surface area contributed by atoms with Crippen LogP contribution in [0.25, 0.3) is 126 Å². The zero-order chi connectivity index (χ0) is 56.3. The summed E-state index contributed by atoms with van der Waals surface area (Å²) in [6, 6.07) is 122. The first-order valence-electron chi connectivity index (χ1n) is 29.4. The smallest absolute Gasteiger partial charge is 0.181 e. The van der Waals surface area contributed by atoms with E-state index in [0.29, 0.717) is 0 Å². The third-order valence-electron chi connectivity index (χ3n) is 17.7. The van der Waals surface area contributed by atoms with E-state index in [1.807, 2.05) is 0 Å². The lowest BCUT2D eigenvalue weighted by Gasteiger charge is -2.35. The molecule has 0 fully saturated rings. The molecule has 0 spiro atoms. The van der Waals surface area contributed by atoms with Crippen LogP contribution in [0, 0.1) is 0 Å². The number of benzene rings is 15. The molecule has 0 saturated carbocycles. The SMILES string of the molecule is c1cc(-c2ccc3cc(-c4ccc5ccccc5c4)ccc3c2)cc(-c2cc3ccccc3c3ccccc23)c1.c1ccc([Si](c2ccccc2)(c2cccc(-n3c4ccccc4c4ccccc43)c2)c2cccc3c2[nH]c2ccccc23)cc1. The van der Waals surface area contributed by atoms with E-state index in [0.717, 1.165) is 0 Å². The Balaban J connectivity index is 0.000000139. The van der Waals surface area contributed by atoms with Crippen molar-refractivity contribution in [1.82, 2.24) is 9.55 Å². The average molecular weight is 1100 g/mol. The Hall–Kier alpha value is -10.8. The Labute approximate surface area is 494 Å². The zero-order valence-corrected chi connectivity index (χ0v) is 47.7. The monoisotopic (exact) mass is 1100 g/mol. The molecular weight excluding hydrogens is 1040 g/mol. The topological polar surface area (TPSA) is 20.7 Å². The van der Waals surface area contributed by atoms with Gasteiger partial charge in [0.05, 0.1) is 11.0 Å². The summed E-state index contributed by atoms with van der Waals surface area (Å²) >= 11 is 0. The molecule has 0 saturated heterocycles. The highest BCUT2D eigenvalue weighted by Gasteiger charge is 2.43. The fourth-order valence-electron chi connectivity index (χ4n) is 13.7. The van der Waals surface area contributed by atoms with Crippen LogP contribution in [-0.2, 0) is 0 Å². The van der Waals surface area contributed by atoms with E-state index in [9.17, 15) is 0 Å². The number of hydrogen-bond donors (Lipinski definition) is 1. The van der Waals surface area contributed by atoms with Crippen LogP contribution in [0.2, 0.25) is 0 Å². The van der Waals surface area contributed by atoms with Gasteiger partial charge in [-0.3, -0.25) is 0 Å². The number of aromatic nitrogens is 2. The summed E-state index contributed by atoms with van der Waals surface area (Å²) < 4.78 is 2.44. The molecule has 17 rings (SSSR count). The largest absolute Gasteiger partial charge is 0.355 e. The molecule has 15 aromatic carbocycles. The van der Waals surface area contributed by atoms with Crippen molar-refractivity contribution in [3.8, 4) is 39.1 Å². The third kappa shape index (κ3) is 8.55. The highest BCUT2D eigenvalue weighted by Crippen LogP contribution is 2.38. The standard InChI is InChI=1S/C42H30N2Si.C40H26/c1-3-16-31(17-4-1)45(32-18-5-2-6-19-32,41-28-14-24-37-34-21-7-10-25-38(34)43-42(37)41)33-20-13-15-30(29-33)44-39-26-11-8-22-35(39)36-23-9-12-27-40(36)44;1-2-9-28-22-31(17-16-27(28)8-1)33-21-20-32-23-30(18-19-34(32)24-33)29-11-7-12-35(25-29)40-26-36-10-3-4-13-37(36)38-14-5-6-15-39(38)40/h1-29,43H;1-26H. The number of rotatable bonds is 8. The number of nitrogens with zero attached hydrogens (tertiary/aromatic N) is 1. The summed E-state index contributed by atoms with van der Waals surface area (Å²) in [6.07, 6.45) is 0. The van der Waals surface area contributed by atoms with Gasteiger partial charge >= 0.3 is 0 Å². The molecule has 17 aromatic rings. The van der Waals surface area contributed by atoms with Crippen molar-refractivity contribution >= 4 is 116 Å². The predicted molar refractivity (Wildman–Crippen MR) is 367 cm³/mol. The number of aromatic amines is 1. The van der Waals surface area contributed by atoms with Crippen LogP contribution >= 0.6 is 0 Å². The molecule has 0 aliphatic carbocycles. The van der Waals surface area contributed by atoms with Crippen molar-refractivity contribution in [2.75, 3.05) is 0 Å². The second kappa shape index (κ2) is 20.9. The van der Waals surface area contributed by atoms with Crippen molar-refractivity contribution < 1.29 is 0 Å². The van der Waals surface area contributed by atoms with Gasteiger partial charge in [-0.2, -0.15) is 0 Å². The first-order valence-corrected chi connectivity index (χ1v) is 31.4. The number of para-hydroxylation sites is 4. The molecule has 85 heavy (non-hydrogen) atoms. The second-order valence-electron chi connectivity index (χ2n) is 22.4. The number of nitrogens with one attached hydrogen (secondary N) is 1. The van der Waals surface area contributed by atoms with Crippen LogP contribution in [0.3, 0.4) is 0 Å². The van der Waals surface area contributed by atoms with Crippen LogP contribution < -0.4 is 20.7 Å². The predicted octanol–water partition coefficient (Wildman–Crippen LogP) is 19.1. The fraction of sp³-hybridized carbons (Fsp3) is 0. The number of fused-ring (bicyclic) bond motifs is 11. The molecule has 2 nitrogen and oxygen atoms in total. The van der Waals surface area contributed by atoms with Crippen molar-refractivity contribution in [3.05, 3.63) is 334 Å². The van der Waals surface area contributed by atoms with Crippen LogP contribution in [0.1, 0.15) is 0 Å². The quantitative estimate of drug-likeness (QED) is 0.0889. The Bertz CT molecular complexity index is 5290. The Kier molecular flexibility index (Phi) is 12.2. The molecule has 398 valence electrons. The van der Waals surface area contributed by atoms with Crippen molar-refractivity contribution in [2.24, 2.45) is 0 Å². The van der Waals surface area contributed by atoms with E-state index in [4.69, 9.17) is 0 Å². The Morgan fingerprint density at radius 3 is 1.38 bits per heavy atom. The minimum atomic E-state index is -2.85. The third-order valence-corrected chi connectivity index (χ3v) is 22.5. The number of hydrogen-bond acceptors (Lipinski definition) is 0. The van der Waals surface area contributed by atoms with Gasteiger partial charge in [-0.05, 0) is 158 Å². The van der Waals surface area contributed by atoms with E-state index in [1.54, 1.807) is 0 Å². The summed E-state index contributed by atoms with van der Waals surface area (Å²) in [5.74, 6) is 0. The zero-order valence-electron chi connectivity index (χ0n) is 46.7. The maximum atomic E-state index is 3.88. The van der Waals surface area contributed by atoms with Gasteiger partial charge in [0.1, 0.15) is 0 Å². The summed E-state index contributed by atoms with van der Waals surface area (Å²) in [5.41, 5.74) is 13.5. The lowest BCUT2D eigenvalue weighted by Crippen LogP contribution is -2.75. The molecular formula is C82H56N2Si. The van der Waals surface area contributed by atoms with E-state index in [2.05, 4.69) is 343 Å². The molecule has 2 aromatic heterocycles. The van der Waals surface area contributed by atoms with Gasteiger partial charge in [0.2, 0.25) is 0 Å². The van der Waals surface area contributed by atoms with E-state index in [-0.39, 0.29) is 0 Å². The van der Waals surface area contributed by atoms with Crippen LogP contribution in [0.4, 0.5) is 0 Å². The molecule has 0 atom stereocenters. The maximum Gasteiger partial charge on any atom is 0.181 e. The molecule has 0 aliphatic rings. The van der Waals surface area contributed by atoms with Gasteiger partial charge in [-0.1, -0.05) is 273 Å². The van der Waals surface area contributed by atoms with Crippen LogP contribution in [0.15, 0.2) is 334 Å². The van der Waals surface area contributed by atoms with E-state index < -0.39 is 8.07 Å². The molecule has 0 aliphatic heterocycles. The van der Waals surface area contributed by atoms with Gasteiger partial charge in [0.15, 0.2) is 8.07 Å². The second-order valence-corrected chi connectivity index (χ2v) is 26.2. The van der Waals surface area contributed by atoms with Crippen molar-refractivity contribution in [2.45, 2.75) is 0 Å². The molecule has 0 amide bonds. The molecule has 2 heterocycles. The van der Waals surface area contributed by atoms with E-state index in [1.165, 1.54) is 147 Å². The maximum absolute atomic E-state index is 3.88. The van der Waals surface area contributed by atoms with Crippen molar-refractivity contribution in [1.29, 1.82) is 0 Å². The minimum absolute atomic E-state index is 1.17. The van der Waals surface area contributed by atoms with Gasteiger partial charge < -0.3 is 9.55 Å². The van der Waals surface area contributed by atoms with E-state index >= 15 is 0 Å². The summed E-state index contributed by atoms with van der Waals surface area (Å²) in [4.78, 5) is 3.88. The van der Waals surface area contributed by atoms with Crippen LogP contribution in [-0.4, -0.2) is 17.6 Å².